The molecule has 1 N–H and O–H groups in total. The molecule has 8 nitrogen and oxygen atoms in total. The molecule has 2 saturated heterocycles. The van der Waals surface area contributed by atoms with Gasteiger partial charge in [0.2, 0.25) is 5.91 Å². The maximum Gasteiger partial charge on any atom is 0.237 e. The highest BCUT2D eigenvalue weighted by atomic mass is 16.5. The van der Waals surface area contributed by atoms with Crippen molar-refractivity contribution in [2.45, 2.75) is 70.7 Å². The number of carbonyl (C=O) groups excluding carboxylic acids is 1. The molecule has 1 aromatic heterocycles. The van der Waals surface area contributed by atoms with E-state index in [9.17, 15) is 4.79 Å². The number of carbonyl (C=O) groups is 1. The predicted octanol–water partition coefficient (Wildman–Crippen LogP) is 0.806. The van der Waals surface area contributed by atoms with Crippen molar-refractivity contribution in [1.82, 2.24) is 29.9 Å². The van der Waals surface area contributed by atoms with Crippen LogP contribution in [0.5, 0.6) is 0 Å². The van der Waals surface area contributed by atoms with E-state index < -0.39 is 0 Å². The van der Waals surface area contributed by atoms with Crippen molar-refractivity contribution in [3.05, 3.63) is 11.6 Å². The van der Waals surface area contributed by atoms with E-state index in [1.54, 1.807) is 0 Å². The summed E-state index contributed by atoms with van der Waals surface area (Å²) in [4.78, 5) is 17.2. The van der Waals surface area contributed by atoms with Gasteiger partial charge in [-0.25, -0.2) is 0 Å². The fourth-order valence-corrected chi connectivity index (χ4v) is 4.50. The Hall–Kier alpha value is -1.51. The van der Waals surface area contributed by atoms with Crippen molar-refractivity contribution in [2.24, 2.45) is 0 Å². The number of ether oxygens (including phenoxy) is 1. The number of hydrogen-bond acceptors (Lipinski definition) is 6. The van der Waals surface area contributed by atoms with Gasteiger partial charge >= 0.3 is 0 Å². The molecule has 0 spiro atoms. The maximum absolute atomic E-state index is 12.5. The molecule has 0 radical (unpaired) electrons. The second-order valence-corrected chi connectivity index (χ2v) is 8.36. The summed E-state index contributed by atoms with van der Waals surface area (Å²) in [6.07, 6.45) is 7.15. The average molecular weight is 391 g/mol. The van der Waals surface area contributed by atoms with E-state index in [1.165, 1.54) is 19.3 Å². The summed E-state index contributed by atoms with van der Waals surface area (Å²) in [5, 5.41) is 11.9. The fraction of sp³-hybridized carbons (Fsp3) is 0.850. The number of fused-ring (bicyclic) bond motifs is 1. The van der Waals surface area contributed by atoms with Gasteiger partial charge in [-0.1, -0.05) is 6.42 Å². The summed E-state index contributed by atoms with van der Waals surface area (Å²) >= 11 is 0. The summed E-state index contributed by atoms with van der Waals surface area (Å²) in [5.41, 5.74) is 0. The highest BCUT2D eigenvalue weighted by Crippen LogP contribution is 2.17. The molecule has 156 valence electrons. The molecule has 0 bridgehead atoms. The molecule has 2 fully saturated rings. The van der Waals surface area contributed by atoms with E-state index in [0.29, 0.717) is 6.54 Å². The molecule has 4 rings (SSSR count). The van der Waals surface area contributed by atoms with Gasteiger partial charge < -0.3 is 14.6 Å². The zero-order chi connectivity index (χ0) is 19.3. The maximum atomic E-state index is 12.5. The van der Waals surface area contributed by atoms with Crippen LogP contribution in [-0.4, -0.2) is 81.9 Å². The van der Waals surface area contributed by atoms with Crippen molar-refractivity contribution >= 4 is 5.91 Å². The Morgan fingerprint density at radius 3 is 2.79 bits per heavy atom. The Bertz CT molecular complexity index is 649. The Balaban J connectivity index is 1.23. The van der Waals surface area contributed by atoms with Crippen LogP contribution in [0.2, 0.25) is 0 Å². The summed E-state index contributed by atoms with van der Waals surface area (Å²) in [5.74, 6) is 2.38. The second-order valence-electron chi connectivity index (χ2n) is 8.36. The Morgan fingerprint density at radius 2 is 2.00 bits per heavy atom. The first-order valence-electron chi connectivity index (χ1n) is 11.0. The molecule has 2 atom stereocenters. The third-order valence-electron chi connectivity index (χ3n) is 6.41. The average Bonchev–Trinajstić information content (AvgIpc) is 3.31. The number of nitrogens with one attached hydrogen (secondary N) is 1. The zero-order valence-electron chi connectivity index (χ0n) is 17.1. The number of nitrogens with zero attached hydrogens (tertiary/aromatic N) is 5. The minimum atomic E-state index is -0.0899. The normalized spacial score (nSPS) is 25.2. The minimum Gasteiger partial charge on any atom is -0.376 e. The van der Waals surface area contributed by atoms with Crippen molar-refractivity contribution in [1.29, 1.82) is 0 Å². The van der Waals surface area contributed by atoms with Gasteiger partial charge in [-0.15, -0.1) is 10.2 Å². The lowest BCUT2D eigenvalue weighted by atomic mass is 10.2. The molecule has 0 saturated carbocycles. The number of aromatic nitrogens is 3. The van der Waals surface area contributed by atoms with Crippen molar-refractivity contribution < 1.29 is 9.53 Å². The highest BCUT2D eigenvalue weighted by molar-refractivity contribution is 5.81. The van der Waals surface area contributed by atoms with E-state index >= 15 is 0 Å². The molecule has 1 aromatic rings. The molecule has 28 heavy (non-hydrogen) atoms. The van der Waals surface area contributed by atoms with Gasteiger partial charge in [0, 0.05) is 52.3 Å². The molecule has 4 heterocycles. The van der Waals surface area contributed by atoms with E-state index in [-0.39, 0.29) is 18.1 Å². The van der Waals surface area contributed by atoms with Gasteiger partial charge in [-0.3, -0.25) is 14.6 Å². The van der Waals surface area contributed by atoms with Crippen molar-refractivity contribution in [3.8, 4) is 0 Å². The standard InChI is InChI=1S/C20H34N6O2/c1-16(20(27)21-14-17-6-5-13-28-17)25-11-9-24(10-12-25)15-19-23-22-18-7-3-2-4-8-26(18)19/h16-17H,2-15H2,1H3,(H,21,27). The molecule has 3 aliphatic rings. The van der Waals surface area contributed by atoms with Gasteiger partial charge in [0.1, 0.15) is 11.6 Å². The van der Waals surface area contributed by atoms with Gasteiger partial charge in [-0.05, 0) is 32.6 Å². The topological polar surface area (TPSA) is 75.5 Å². The van der Waals surface area contributed by atoms with Crippen molar-refractivity contribution in [3.63, 3.8) is 0 Å². The number of aryl methyl sites for hydroxylation is 1. The summed E-state index contributed by atoms with van der Waals surface area (Å²) in [6, 6.07) is -0.0899. The fourth-order valence-electron chi connectivity index (χ4n) is 4.50. The third-order valence-corrected chi connectivity index (χ3v) is 6.41. The number of amides is 1. The van der Waals surface area contributed by atoms with Crippen LogP contribution in [-0.2, 0) is 29.0 Å². The van der Waals surface area contributed by atoms with Crippen LogP contribution in [0, 0.1) is 0 Å². The lowest BCUT2D eigenvalue weighted by molar-refractivity contribution is -0.127. The Morgan fingerprint density at radius 1 is 1.14 bits per heavy atom. The second kappa shape index (κ2) is 9.33. The minimum absolute atomic E-state index is 0.0899. The number of hydrogen-bond donors (Lipinski definition) is 1. The molecule has 1 amide bonds. The number of piperazine rings is 1. The summed E-state index contributed by atoms with van der Waals surface area (Å²) < 4.78 is 7.93. The molecule has 0 aromatic carbocycles. The van der Waals surface area contributed by atoms with Gasteiger partial charge in [0.25, 0.3) is 0 Å². The molecule has 0 aliphatic carbocycles. The van der Waals surface area contributed by atoms with Crippen molar-refractivity contribution in [2.75, 3.05) is 39.3 Å². The molecule has 2 unspecified atom stereocenters. The van der Waals surface area contributed by atoms with Crippen LogP contribution in [0.4, 0.5) is 0 Å². The number of rotatable bonds is 6. The zero-order valence-corrected chi connectivity index (χ0v) is 17.1. The monoisotopic (exact) mass is 390 g/mol. The van der Waals surface area contributed by atoms with E-state index in [1.807, 2.05) is 6.92 Å². The summed E-state index contributed by atoms with van der Waals surface area (Å²) in [6.45, 7) is 9.15. The third kappa shape index (κ3) is 4.72. The molecule has 8 heteroatoms. The van der Waals surface area contributed by atoms with E-state index in [0.717, 1.165) is 76.8 Å². The first-order valence-corrected chi connectivity index (χ1v) is 11.0. The van der Waals surface area contributed by atoms with E-state index in [4.69, 9.17) is 4.74 Å². The SMILES string of the molecule is CC(C(=O)NCC1CCCO1)N1CCN(Cc2nnc3n2CCCCC3)CC1. The molecular formula is C20H34N6O2. The van der Waals surface area contributed by atoms with Gasteiger partial charge in [0.05, 0.1) is 18.7 Å². The van der Waals surface area contributed by atoms with Gasteiger partial charge in [0.15, 0.2) is 0 Å². The molecular weight excluding hydrogens is 356 g/mol. The van der Waals surface area contributed by atoms with Crippen LogP contribution < -0.4 is 5.32 Å². The smallest absolute Gasteiger partial charge is 0.237 e. The lowest BCUT2D eigenvalue weighted by Gasteiger charge is -2.37. The predicted molar refractivity (Wildman–Crippen MR) is 106 cm³/mol. The first kappa shape index (κ1) is 19.8. The van der Waals surface area contributed by atoms with Crippen LogP contribution in [0.1, 0.15) is 50.7 Å². The van der Waals surface area contributed by atoms with Crippen LogP contribution in [0.15, 0.2) is 0 Å². The quantitative estimate of drug-likeness (QED) is 0.775. The largest absolute Gasteiger partial charge is 0.376 e. The first-order chi connectivity index (χ1) is 13.7. The summed E-state index contributed by atoms with van der Waals surface area (Å²) in [7, 11) is 0. The lowest BCUT2D eigenvalue weighted by Crippen LogP contribution is -2.54. The highest BCUT2D eigenvalue weighted by Gasteiger charge is 2.27. The Kier molecular flexibility index (Phi) is 6.59. The van der Waals surface area contributed by atoms with E-state index in [2.05, 4.69) is 29.9 Å². The van der Waals surface area contributed by atoms with Crippen LogP contribution in [0.25, 0.3) is 0 Å². The van der Waals surface area contributed by atoms with Gasteiger partial charge in [-0.2, -0.15) is 0 Å². The van der Waals surface area contributed by atoms with Crippen LogP contribution >= 0.6 is 0 Å². The molecule has 3 aliphatic heterocycles. The Labute approximate surface area is 167 Å². The van der Waals surface area contributed by atoms with Crippen LogP contribution in [0.3, 0.4) is 0 Å².